The lowest BCUT2D eigenvalue weighted by molar-refractivity contribution is 0.0991. The molecule has 0 spiro atoms. The Kier molecular flexibility index (Phi) is 7.92. The number of para-hydroxylation sites is 2. The summed E-state index contributed by atoms with van der Waals surface area (Å²) in [4.78, 5) is 19.9. The van der Waals surface area contributed by atoms with Crippen molar-refractivity contribution in [3.05, 3.63) is 75.6 Å². The number of nitrogens with zero attached hydrogens (tertiary/aromatic N) is 3. The topological polar surface area (TPSA) is 72.5 Å². The summed E-state index contributed by atoms with van der Waals surface area (Å²) in [6, 6.07) is 16.6. The molecule has 0 unspecified atom stereocenters. The Labute approximate surface area is 211 Å². The van der Waals surface area contributed by atoms with Crippen molar-refractivity contribution in [2.75, 3.05) is 25.0 Å². The first kappa shape index (κ1) is 24.3. The summed E-state index contributed by atoms with van der Waals surface area (Å²) in [7, 11) is 0. The Morgan fingerprint density at radius 1 is 1.18 bits per heavy atom. The molecule has 1 N–H and O–H groups in total. The number of benzene rings is 2. The van der Waals surface area contributed by atoms with E-state index in [1.807, 2.05) is 34.9 Å². The number of halogens is 2. The Morgan fingerprint density at radius 2 is 1.97 bits per heavy atom. The Balaban J connectivity index is 1.47. The van der Waals surface area contributed by atoms with Gasteiger partial charge in [0.25, 0.3) is 5.91 Å². The number of rotatable bonds is 10. The van der Waals surface area contributed by atoms with Crippen molar-refractivity contribution in [2.45, 2.75) is 27.0 Å². The smallest absolute Gasteiger partial charge is 0.293 e. The van der Waals surface area contributed by atoms with E-state index >= 15 is 0 Å². The van der Waals surface area contributed by atoms with Gasteiger partial charge in [-0.2, -0.15) is 0 Å². The molecule has 1 amide bonds. The largest absolute Gasteiger partial charge is 0.484 e. The lowest BCUT2D eigenvalue weighted by Crippen LogP contribution is -2.27. The summed E-state index contributed by atoms with van der Waals surface area (Å²) >= 11 is 9.56. The highest BCUT2D eigenvalue weighted by Gasteiger charge is 2.18. The molecular formula is C25H26BrClN4O3. The molecular weight excluding hydrogens is 520 g/mol. The molecule has 0 aliphatic carbocycles. The minimum atomic E-state index is -0.368. The van der Waals surface area contributed by atoms with Crippen LogP contribution in [0.2, 0.25) is 5.02 Å². The number of hydrogen-bond acceptors (Lipinski definition) is 5. The van der Waals surface area contributed by atoms with Gasteiger partial charge in [0.1, 0.15) is 18.1 Å². The first-order valence-electron chi connectivity index (χ1n) is 11.1. The predicted molar refractivity (Wildman–Crippen MR) is 138 cm³/mol. The van der Waals surface area contributed by atoms with Crippen LogP contribution in [0, 0.1) is 0 Å². The Bertz CT molecular complexity index is 1280. The minimum absolute atomic E-state index is 0.150. The molecule has 0 aliphatic heterocycles. The van der Waals surface area contributed by atoms with Crippen LogP contribution in [-0.2, 0) is 13.2 Å². The normalized spacial score (nSPS) is 11.3. The van der Waals surface area contributed by atoms with Gasteiger partial charge in [0, 0.05) is 17.6 Å². The number of anilines is 1. The third kappa shape index (κ3) is 5.63. The van der Waals surface area contributed by atoms with Crippen LogP contribution in [-0.4, -0.2) is 40.0 Å². The second-order valence-corrected chi connectivity index (χ2v) is 9.01. The van der Waals surface area contributed by atoms with Crippen LogP contribution in [0.15, 0.2) is 63.5 Å². The number of amides is 1. The standard InChI is InChI=1S/C25H26BrClN4O3/c1-3-30(4-2)13-14-31-21-8-6-5-7-20(21)28-25(31)29-24(32)23-12-10-18(34-23)16-33-22-11-9-17(26)15-19(22)27/h5-12,15H,3-4,13-14,16H2,1-2H3,(H,28,29,32). The lowest BCUT2D eigenvalue weighted by Gasteiger charge is -2.19. The van der Waals surface area contributed by atoms with Gasteiger partial charge in [-0.25, -0.2) is 4.98 Å². The first-order chi connectivity index (χ1) is 16.5. The van der Waals surface area contributed by atoms with Gasteiger partial charge in [0.15, 0.2) is 5.76 Å². The highest BCUT2D eigenvalue weighted by Crippen LogP contribution is 2.28. The highest BCUT2D eigenvalue weighted by molar-refractivity contribution is 9.10. The fraction of sp³-hybridized carbons (Fsp3) is 0.280. The van der Waals surface area contributed by atoms with E-state index in [1.54, 1.807) is 24.3 Å². The molecule has 7 nitrogen and oxygen atoms in total. The van der Waals surface area contributed by atoms with Gasteiger partial charge < -0.3 is 18.6 Å². The van der Waals surface area contributed by atoms with Gasteiger partial charge in [-0.05, 0) is 55.6 Å². The zero-order valence-electron chi connectivity index (χ0n) is 19.1. The molecule has 0 aliphatic rings. The van der Waals surface area contributed by atoms with E-state index in [4.69, 9.17) is 20.8 Å². The monoisotopic (exact) mass is 544 g/mol. The molecule has 34 heavy (non-hydrogen) atoms. The number of fused-ring (bicyclic) bond motifs is 1. The average molecular weight is 546 g/mol. The molecule has 0 atom stereocenters. The van der Waals surface area contributed by atoms with Crippen LogP contribution < -0.4 is 10.1 Å². The fourth-order valence-corrected chi connectivity index (χ4v) is 4.39. The van der Waals surface area contributed by atoms with E-state index in [1.165, 1.54) is 0 Å². The molecule has 9 heteroatoms. The van der Waals surface area contributed by atoms with Crippen LogP contribution in [0.4, 0.5) is 5.95 Å². The van der Waals surface area contributed by atoms with Crippen LogP contribution in [0.1, 0.15) is 30.2 Å². The Morgan fingerprint density at radius 3 is 2.74 bits per heavy atom. The van der Waals surface area contributed by atoms with E-state index in [0.29, 0.717) is 29.0 Å². The van der Waals surface area contributed by atoms with Crippen LogP contribution in [0.3, 0.4) is 0 Å². The molecule has 2 heterocycles. The molecule has 178 valence electrons. The van der Waals surface area contributed by atoms with E-state index in [-0.39, 0.29) is 18.3 Å². The molecule has 0 saturated carbocycles. The summed E-state index contributed by atoms with van der Waals surface area (Å²) in [5, 5.41) is 3.40. The van der Waals surface area contributed by atoms with Crippen molar-refractivity contribution in [1.82, 2.24) is 14.5 Å². The van der Waals surface area contributed by atoms with E-state index in [9.17, 15) is 4.79 Å². The van der Waals surface area contributed by atoms with E-state index < -0.39 is 0 Å². The van der Waals surface area contributed by atoms with Gasteiger partial charge in [0.05, 0.1) is 16.1 Å². The molecule has 4 rings (SSSR count). The van der Waals surface area contributed by atoms with Gasteiger partial charge in [0.2, 0.25) is 5.95 Å². The van der Waals surface area contributed by atoms with E-state index in [2.05, 4.69) is 45.0 Å². The SMILES string of the molecule is CCN(CC)CCn1c(NC(=O)c2ccc(COc3ccc(Br)cc3Cl)o2)nc2ccccc21. The summed E-state index contributed by atoms with van der Waals surface area (Å²) in [5.74, 6) is 1.36. The van der Waals surface area contributed by atoms with E-state index in [0.717, 1.165) is 35.1 Å². The van der Waals surface area contributed by atoms with Gasteiger partial charge in [-0.1, -0.05) is 53.5 Å². The molecule has 2 aromatic carbocycles. The second-order valence-electron chi connectivity index (χ2n) is 7.69. The number of nitrogens with one attached hydrogen (secondary N) is 1. The number of furan rings is 1. The average Bonchev–Trinajstić information content (AvgIpc) is 3.44. The zero-order valence-corrected chi connectivity index (χ0v) is 21.4. The van der Waals surface area contributed by atoms with Gasteiger partial charge in [-0.15, -0.1) is 0 Å². The predicted octanol–water partition coefficient (Wildman–Crippen LogP) is 6.22. The second kappa shape index (κ2) is 11.1. The number of aromatic nitrogens is 2. The lowest BCUT2D eigenvalue weighted by atomic mass is 10.3. The van der Waals surface area contributed by atoms with Crippen LogP contribution in [0.5, 0.6) is 5.75 Å². The first-order valence-corrected chi connectivity index (χ1v) is 12.3. The van der Waals surface area contributed by atoms with Crippen molar-refractivity contribution >= 4 is 50.4 Å². The molecule has 0 radical (unpaired) electrons. The number of imidazole rings is 1. The maximum Gasteiger partial charge on any atom is 0.293 e. The molecule has 0 saturated heterocycles. The van der Waals surface area contributed by atoms with Crippen molar-refractivity contribution in [3.8, 4) is 5.75 Å². The van der Waals surface area contributed by atoms with Gasteiger partial charge >= 0.3 is 0 Å². The number of carbonyl (C=O) groups excluding carboxylic acids is 1. The summed E-state index contributed by atoms with van der Waals surface area (Å²) < 4.78 is 14.3. The number of likely N-dealkylation sites (N-methyl/N-ethyl adjacent to an activating group) is 1. The van der Waals surface area contributed by atoms with Crippen molar-refractivity contribution in [3.63, 3.8) is 0 Å². The summed E-state index contributed by atoms with van der Waals surface area (Å²) in [6.45, 7) is 7.93. The van der Waals surface area contributed by atoms with Crippen molar-refractivity contribution in [1.29, 1.82) is 0 Å². The highest BCUT2D eigenvalue weighted by atomic mass is 79.9. The third-order valence-electron chi connectivity index (χ3n) is 5.56. The quantitative estimate of drug-likeness (QED) is 0.256. The van der Waals surface area contributed by atoms with Crippen molar-refractivity contribution in [2.24, 2.45) is 0 Å². The molecule has 4 aromatic rings. The number of carbonyl (C=O) groups is 1. The summed E-state index contributed by atoms with van der Waals surface area (Å²) in [5.41, 5.74) is 1.81. The van der Waals surface area contributed by atoms with Crippen LogP contribution >= 0.6 is 27.5 Å². The summed E-state index contributed by atoms with van der Waals surface area (Å²) in [6.07, 6.45) is 0. The molecule has 0 fully saturated rings. The molecule has 2 aromatic heterocycles. The van der Waals surface area contributed by atoms with Crippen molar-refractivity contribution < 1.29 is 13.9 Å². The maximum atomic E-state index is 12.9. The minimum Gasteiger partial charge on any atom is -0.484 e. The third-order valence-corrected chi connectivity index (χ3v) is 6.35. The zero-order chi connectivity index (χ0) is 24.1. The van der Waals surface area contributed by atoms with Gasteiger partial charge in [-0.3, -0.25) is 10.1 Å². The molecule has 0 bridgehead atoms. The number of hydrogen-bond donors (Lipinski definition) is 1. The Hall–Kier alpha value is -2.81. The van der Waals surface area contributed by atoms with Crippen LogP contribution in [0.25, 0.3) is 11.0 Å². The maximum absolute atomic E-state index is 12.9. The fourth-order valence-electron chi connectivity index (χ4n) is 3.66. The number of ether oxygens (including phenoxy) is 1.